The third kappa shape index (κ3) is 1.38. The smallest absolute Gasteiger partial charge is 0.107 e. The van der Waals surface area contributed by atoms with Crippen LogP contribution in [0.3, 0.4) is 0 Å². The number of nitrogens with zero attached hydrogens (tertiary/aromatic N) is 1. The summed E-state index contributed by atoms with van der Waals surface area (Å²) in [6.45, 7) is 1.88. The van der Waals surface area contributed by atoms with Gasteiger partial charge in [-0.15, -0.1) is 0 Å². The zero-order valence-electron chi connectivity index (χ0n) is 5.63. The van der Waals surface area contributed by atoms with Crippen LogP contribution in [-0.4, -0.2) is 20.4 Å². The number of aliphatic hydroxyl groups is 1. The molecule has 3 nitrogen and oxygen atoms in total. The van der Waals surface area contributed by atoms with Crippen molar-refractivity contribution in [3.8, 4) is 0 Å². The van der Waals surface area contributed by atoms with E-state index in [1.807, 2.05) is 6.92 Å². The van der Waals surface area contributed by atoms with E-state index in [0.29, 0.717) is 5.33 Å². The Balaban J connectivity index is 2.82. The molecule has 1 heterocycles. The zero-order valence-corrected chi connectivity index (χ0v) is 7.22. The summed E-state index contributed by atoms with van der Waals surface area (Å²) in [4.78, 5) is 6.84. The molecule has 0 aliphatic carbocycles. The Morgan fingerprint density at radius 1 is 1.90 bits per heavy atom. The predicted octanol–water partition coefficient (Wildman–Crippen LogP) is 1.15. The first-order valence-electron chi connectivity index (χ1n) is 2.99. The lowest BCUT2D eigenvalue weighted by atomic mass is 10.2. The number of aryl methyl sites for hydroxylation is 1. The standard InChI is InChI=1S/C6H9BrN2O/c1-4-6(5(10)2-7)9-3-8-4/h3,5,10H,2H2,1H3,(H,8,9). The summed E-state index contributed by atoms with van der Waals surface area (Å²) in [7, 11) is 0. The maximum absolute atomic E-state index is 9.27. The van der Waals surface area contributed by atoms with Gasteiger partial charge in [0.05, 0.1) is 12.0 Å². The molecular weight excluding hydrogens is 196 g/mol. The van der Waals surface area contributed by atoms with Crippen LogP contribution in [0.5, 0.6) is 0 Å². The van der Waals surface area contributed by atoms with Crippen molar-refractivity contribution in [2.45, 2.75) is 13.0 Å². The molecule has 10 heavy (non-hydrogen) atoms. The molecule has 2 N–H and O–H groups in total. The first kappa shape index (κ1) is 7.75. The normalized spacial score (nSPS) is 13.5. The molecule has 0 aliphatic rings. The molecule has 0 aliphatic heterocycles. The van der Waals surface area contributed by atoms with E-state index in [9.17, 15) is 5.11 Å². The minimum Gasteiger partial charge on any atom is -0.386 e. The summed E-state index contributed by atoms with van der Waals surface area (Å²) in [6, 6.07) is 0. The lowest BCUT2D eigenvalue weighted by molar-refractivity contribution is 0.200. The number of aliphatic hydroxyl groups excluding tert-OH is 1. The summed E-state index contributed by atoms with van der Waals surface area (Å²) in [5.41, 5.74) is 1.64. The van der Waals surface area contributed by atoms with Crippen molar-refractivity contribution in [3.05, 3.63) is 17.7 Å². The topological polar surface area (TPSA) is 48.9 Å². The lowest BCUT2D eigenvalue weighted by Gasteiger charge is -2.02. The highest BCUT2D eigenvalue weighted by atomic mass is 79.9. The molecule has 4 heteroatoms. The summed E-state index contributed by atoms with van der Waals surface area (Å²) in [5.74, 6) is 0. The Morgan fingerprint density at radius 3 is 3.00 bits per heavy atom. The molecule has 1 unspecified atom stereocenters. The number of aromatic amines is 1. The van der Waals surface area contributed by atoms with Crippen LogP contribution < -0.4 is 0 Å². The van der Waals surface area contributed by atoms with Crippen molar-refractivity contribution >= 4 is 15.9 Å². The van der Waals surface area contributed by atoms with E-state index in [-0.39, 0.29) is 0 Å². The number of rotatable bonds is 2. The average Bonchev–Trinajstić information content (AvgIpc) is 2.34. The SMILES string of the molecule is Cc1[nH]cnc1C(O)CBr. The molecule has 0 fully saturated rings. The van der Waals surface area contributed by atoms with Crippen LogP contribution in [0, 0.1) is 6.92 Å². The van der Waals surface area contributed by atoms with E-state index >= 15 is 0 Å². The Bertz CT molecular complexity index is 211. The number of H-pyrrole nitrogens is 1. The molecule has 0 spiro atoms. The van der Waals surface area contributed by atoms with Gasteiger partial charge in [0.1, 0.15) is 6.10 Å². The molecule has 0 saturated carbocycles. The summed E-state index contributed by atoms with van der Waals surface area (Å²) in [6.07, 6.45) is 1.09. The molecule has 56 valence electrons. The first-order valence-corrected chi connectivity index (χ1v) is 4.11. The maximum Gasteiger partial charge on any atom is 0.107 e. The van der Waals surface area contributed by atoms with Gasteiger partial charge in [0.15, 0.2) is 0 Å². The third-order valence-corrected chi connectivity index (χ3v) is 1.94. The molecule has 1 rings (SSSR count). The number of hydrogen-bond acceptors (Lipinski definition) is 2. The van der Waals surface area contributed by atoms with Gasteiger partial charge in [0.25, 0.3) is 0 Å². The van der Waals surface area contributed by atoms with Gasteiger partial charge in [-0.1, -0.05) is 15.9 Å². The van der Waals surface area contributed by atoms with E-state index in [4.69, 9.17) is 0 Å². The van der Waals surface area contributed by atoms with E-state index in [1.165, 1.54) is 0 Å². The molecule has 1 aromatic heterocycles. The third-order valence-electron chi connectivity index (χ3n) is 1.33. The number of aromatic nitrogens is 2. The van der Waals surface area contributed by atoms with E-state index < -0.39 is 6.10 Å². The van der Waals surface area contributed by atoms with Crippen molar-refractivity contribution in [2.75, 3.05) is 5.33 Å². The largest absolute Gasteiger partial charge is 0.386 e. The van der Waals surface area contributed by atoms with Crippen molar-refractivity contribution in [3.63, 3.8) is 0 Å². The van der Waals surface area contributed by atoms with Gasteiger partial charge in [-0.3, -0.25) is 0 Å². The average molecular weight is 205 g/mol. The van der Waals surface area contributed by atoms with Crippen LogP contribution >= 0.6 is 15.9 Å². The summed E-state index contributed by atoms with van der Waals surface area (Å²) >= 11 is 3.17. The molecule has 1 aromatic rings. The molecule has 0 amide bonds. The van der Waals surface area contributed by atoms with Gasteiger partial charge in [0.2, 0.25) is 0 Å². The van der Waals surface area contributed by atoms with Crippen molar-refractivity contribution < 1.29 is 5.11 Å². The highest BCUT2D eigenvalue weighted by molar-refractivity contribution is 9.09. The molecule has 1 atom stereocenters. The minimum absolute atomic E-state index is 0.494. The quantitative estimate of drug-likeness (QED) is 0.711. The van der Waals surface area contributed by atoms with Gasteiger partial charge in [-0.2, -0.15) is 0 Å². The van der Waals surface area contributed by atoms with Gasteiger partial charge < -0.3 is 10.1 Å². The van der Waals surface area contributed by atoms with E-state index in [0.717, 1.165) is 11.4 Å². The number of alkyl halides is 1. The molecule has 0 bridgehead atoms. The summed E-state index contributed by atoms with van der Waals surface area (Å²) in [5, 5.41) is 9.80. The van der Waals surface area contributed by atoms with Crippen molar-refractivity contribution in [1.29, 1.82) is 0 Å². The van der Waals surface area contributed by atoms with Crippen molar-refractivity contribution in [1.82, 2.24) is 9.97 Å². The number of hydrogen-bond donors (Lipinski definition) is 2. The predicted molar refractivity (Wildman–Crippen MR) is 42.1 cm³/mol. The fourth-order valence-electron chi connectivity index (χ4n) is 0.778. The Kier molecular flexibility index (Phi) is 2.45. The van der Waals surface area contributed by atoms with Crippen LogP contribution in [0.15, 0.2) is 6.33 Å². The molecule has 0 aromatic carbocycles. The highest BCUT2D eigenvalue weighted by Crippen LogP contribution is 2.14. The fraction of sp³-hybridized carbons (Fsp3) is 0.500. The first-order chi connectivity index (χ1) is 4.75. The highest BCUT2D eigenvalue weighted by Gasteiger charge is 2.09. The van der Waals surface area contributed by atoms with Gasteiger partial charge in [0, 0.05) is 11.0 Å². The minimum atomic E-state index is -0.494. The van der Waals surface area contributed by atoms with Crippen molar-refractivity contribution in [2.24, 2.45) is 0 Å². The van der Waals surface area contributed by atoms with Crippen LogP contribution in [0.1, 0.15) is 17.5 Å². The molecule has 0 saturated heterocycles. The van der Waals surface area contributed by atoms with Crippen LogP contribution in [0.4, 0.5) is 0 Å². The molecule has 0 radical (unpaired) electrons. The van der Waals surface area contributed by atoms with Gasteiger partial charge >= 0.3 is 0 Å². The second-order valence-corrected chi connectivity index (χ2v) is 2.73. The second-order valence-electron chi connectivity index (χ2n) is 2.08. The number of imidazole rings is 1. The second kappa shape index (κ2) is 3.16. The zero-order chi connectivity index (χ0) is 7.56. The van der Waals surface area contributed by atoms with Gasteiger partial charge in [-0.05, 0) is 6.92 Å². The van der Waals surface area contributed by atoms with Crippen LogP contribution in [0.2, 0.25) is 0 Å². The maximum atomic E-state index is 9.27. The van der Waals surface area contributed by atoms with Crippen LogP contribution in [0.25, 0.3) is 0 Å². The lowest BCUT2D eigenvalue weighted by Crippen LogP contribution is -2.00. The fourth-order valence-corrected chi connectivity index (χ4v) is 1.09. The number of nitrogens with one attached hydrogen (secondary N) is 1. The van der Waals surface area contributed by atoms with E-state index in [1.54, 1.807) is 6.33 Å². The Morgan fingerprint density at radius 2 is 2.60 bits per heavy atom. The Hall–Kier alpha value is -0.350. The molecular formula is C6H9BrN2O. The van der Waals surface area contributed by atoms with Gasteiger partial charge in [-0.25, -0.2) is 4.98 Å². The monoisotopic (exact) mass is 204 g/mol. The summed E-state index contributed by atoms with van der Waals surface area (Å²) < 4.78 is 0. The Labute approximate surface area is 67.6 Å². The van der Waals surface area contributed by atoms with Crippen LogP contribution in [-0.2, 0) is 0 Å². The van der Waals surface area contributed by atoms with E-state index in [2.05, 4.69) is 25.9 Å². The number of halogens is 1.